The number of hydrogen-bond donors (Lipinski definition) is 2. The van der Waals surface area contributed by atoms with Crippen molar-refractivity contribution in [1.82, 2.24) is 5.32 Å². The Morgan fingerprint density at radius 2 is 2.00 bits per heavy atom. The van der Waals surface area contributed by atoms with Crippen molar-refractivity contribution in [3.8, 4) is 0 Å². The van der Waals surface area contributed by atoms with Gasteiger partial charge in [0.15, 0.2) is 6.04 Å². The maximum absolute atomic E-state index is 11.7. The fourth-order valence-electron chi connectivity index (χ4n) is 1.40. The number of carboxylic acid groups (broad SMARTS) is 1. The van der Waals surface area contributed by atoms with Gasteiger partial charge >= 0.3 is 12.1 Å². The van der Waals surface area contributed by atoms with Crippen LogP contribution in [0.2, 0.25) is 5.02 Å². The maximum Gasteiger partial charge on any atom is 0.408 e. The van der Waals surface area contributed by atoms with Crippen molar-refractivity contribution in [3.63, 3.8) is 0 Å². The van der Waals surface area contributed by atoms with Gasteiger partial charge in [0, 0.05) is 4.47 Å². The monoisotopic (exact) mass is 363 g/mol. The van der Waals surface area contributed by atoms with Crippen molar-refractivity contribution in [2.75, 3.05) is 0 Å². The second kappa shape index (κ2) is 6.45. The number of aliphatic carboxylic acids is 1. The van der Waals surface area contributed by atoms with E-state index in [1.54, 1.807) is 32.9 Å². The Kier molecular flexibility index (Phi) is 5.42. The average Bonchev–Trinajstić information content (AvgIpc) is 2.27. The minimum atomic E-state index is -1.21. The summed E-state index contributed by atoms with van der Waals surface area (Å²) in [6, 6.07) is 3.41. The Balaban J connectivity index is 2.92. The highest BCUT2D eigenvalue weighted by Gasteiger charge is 2.25. The predicted octanol–water partition coefficient (Wildman–Crippen LogP) is 3.75. The number of rotatable bonds is 3. The Labute approximate surface area is 130 Å². The molecule has 1 atom stereocenters. The van der Waals surface area contributed by atoms with Crippen LogP contribution < -0.4 is 5.32 Å². The molecule has 1 rings (SSSR count). The summed E-state index contributed by atoms with van der Waals surface area (Å²) in [6.07, 6.45) is -0.795. The van der Waals surface area contributed by atoms with Gasteiger partial charge in [-0.05, 0) is 54.4 Å². The van der Waals surface area contributed by atoms with E-state index in [0.29, 0.717) is 15.1 Å². The van der Waals surface area contributed by atoms with E-state index in [0.717, 1.165) is 0 Å². The quantitative estimate of drug-likeness (QED) is 0.856. The first-order valence-electron chi connectivity index (χ1n) is 5.77. The molecule has 0 saturated heterocycles. The molecule has 0 spiro atoms. The first-order chi connectivity index (χ1) is 9.10. The van der Waals surface area contributed by atoms with Crippen molar-refractivity contribution in [3.05, 3.63) is 33.3 Å². The van der Waals surface area contributed by atoms with Crippen molar-refractivity contribution >= 4 is 39.6 Å². The summed E-state index contributed by atoms with van der Waals surface area (Å²) in [5, 5.41) is 12.0. The van der Waals surface area contributed by atoms with E-state index in [1.165, 1.54) is 6.07 Å². The number of hydrogen-bond acceptors (Lipinski definition) is 3. The molecule has 0 aromatic heterocycles. The highest BCUT2D eigenvalue weighted by atomic mass is 79.9. The molecule has 0 aliphatic carbocycles. The van der Waals surface area contributed by atoms with Crippen LogP contribution in [0, 0.1) is 0 Å². The Morgan fingerprint density at radius 3 is 2.45 bits per heavy atom. The molecule has 1 aromatic rings. The lowest BCUT2D eigenvalue weighted by atomic mass is 10.1. The van der Waals surface area contributed by atoms with E-state index in [-0.39, 0.29) is 0 Å². The number of halogens is 2. The van der Waals surface area contributed by atoms with Gasteiger partial charge < -0.3 is 15.2 Å². The van der Waals surface area contributed by atoms with Gasteiger partial charge in [-0.3, -0.25) is 0 Å². The summed E-state index contributed by atoms with van der Waals surface area (Å²) in [4.78, 5) is 22.9. The lowest BCUT2D eigenvalue weighted by molar-refractivity contribution is -0.139. The zero-order valence-corrected chi connectivity index (χ0v) is 13.6. The number of carbonyl (C=O) groups excluding carboxylic acids is 1. The summed E-state index contributed by atoms with van der Waals surface area (Å²) in [5.41, 5.74) is -0.312. The smallest absolute Gasteiger partial charge is 0.408 e. The van der Waals surface area contributed by atoms with Gasteiger partial charge in [0.2, 0.25) is 0 Å². The van der Waals surface area contributed by atoms with Gasteiger partial charge in [0.1, 0.15) is 5.60 Å². The summed E-state index contributed by atoms with van der Waals surface area (Å²) in [5.74, 6) is -1.19. The van der Waals surface area contributed by atoms with Crippen molar-refractivity contribution < 1.29 is 19.4 Å². The van der Waals surface area contributed by atoms with Gasteiger partial charge in [0.05, 0.1) is 5.02 Å². The molecule has 0 bridgehead atoms. The third-order valence-electron chi connectivity index (χ3n) is 2.19. The van der Waals surface area contributed by atoms with Crippen molar-refractivity contribution in [1.29, 1.82) is 0 Å². The molecule has 2 N–H and O–H groups in total. The molecule has 20 heavy (non-hydrogen) atoms. The molecule has 0 aliphatic rings. The zero-order valence-electron chi connectivity index (χ0n) is 11.2. The van der Waals surface area contributed by atoms with E-state index in [1.807, 2.05) is 0 Å². The molecule has 7 heteroatoms. The molecule has 0 radical (unpaired) electrons. The second-order valence-corrected chi connectivity index (χ2v) is 6.35. The van der Waals surface area contributed by atoms with Crippen LogP contribution in [0.3, 0.4) is 0 Å². The minimum absolute atomic E-state index is 0.389. The minimum Gasteiger partial charge on any atom is -0.479 e. The van der Waals surface area contributed by atoms with E-state index < -0.39 is 23.7 Å². The van der Waals surface area contributed by atoms with E-state index in [2.05, 4.69) is 21.2 Å². The largest absolute Gasteiger partial charge is 0.479 e. The fraction of sp³-hybridized carbons (Fsp3) is 0.385. The molecule has 0 heterocycles. The molecule has 1 unspecified atom stereocenters. The summed E-state index contributed by atoms with van der Waals surface area (Å²) in [6.45, 7) is 5.09. The third-order valence-corrected chi connectivity index (χ3v) is 3.40. The number of benzene rings is 1. The fourth-order valence-corrected chi connectivity index (χ4v) is 1.92. The zero-order chi connectivity index (χ0) is 15.5. The number of carboxylic acids is 1. The van der Waals surface area contributed by atoms with E-state index >= 15 is 0 Å². The van der Waals surface area contributed by atoms with Crippen LogP contribution in [0.1, 0.15) is 32.4 Å². The molecule has 1 amide bonds. The van der Waals surface area contributed by atoms with Crippen LogP contribution in [-0.4, -0.2) is 22.8 Å². The van der Waals surface area contributed by atoms with Crippen molar-refractivity contribution in [2.24, 2.45) is 0 Å². The van der Waals surface area contributed by atoms with Crippen LogP contribution in [0.25, 0.3) is 0 Å². The molecule has 0 aliphatic heterocycles. The molecule has 5 nitrogen and oxygen atoms in total. The maximum atomic E-state index is 11.7. The van der Waals surface area contributed by atoms with Crippen LogP contribution in [0.4, 0.5) is 4.79 Å². The van der Waals surface area contributed by atoms with Crippen molar-refractivity contribution in [2.45, 2.75) is 32.4 Å². The Bertz CT molecular complexity index is 528. The molecular formula is C13H15BrClNO4. The van der Waals surface area contributed by atoms with Crippen LogP contribution in [0.5, 0.6) is 0 Å². The average molecular weight is 365 g/mol. The van der Waals surface area contributed by atoms with E-state index in [4.69, 9.17) is 16.3 Å². The van der Waals surface area contributed by atoms with Gasteiger partial charge in [-0.25, -0.2) is 9.59 Å². The number of amides is 1. The molecule has 1 aromatic carbocycles. The van der Waals surface area contributed by atoms with Gasteiger partial charge in [-0.15, -0.1) is 0 Å². The summed E-state index contributed by atoms with van der Waals surface area (Å²) >= 11 is 9.06. The lowest BCUT2D eigenvalue weighted by Gasteiger charge is -2.22. The van der Waals surface area contributed by atoms with Gasteiger partial charge in [0.25, 0.3) is 0 Å². The molecular weight excluding hydrogens is 350 g/mol. The first-order valence-corrected chi connectivity index (χ1v) is 6.94. The summed E-state index contributed by atoms with van der Waals surface area (Å²) in [7, 11) is 0. The SMILES string of the molecule is CC(C)(C)OC(=O)NC(C(=O)O)c1ccc(Cl)c(Br)c1. The Morgan fingerprint density at radius 1 is 1.40 bits per heavy atom. The van der Waals surface area contributed by atoms with Crippen LogP contribution >= 0.6 is 27.5 Å². The highest BCUT2D eigenvalue weighted by Crippen LogP contribution is 2.26. The summed E-state index contributed by atoms with van der Waals surface area (Å²) < 4.78 is 5.59. The predicted molar refractivity (Wildman–Crippen MR) is 78.9 cm³/mol. The highest BCUT2D eigenvalue weighted by molar-refractivity contribution is 9.10. The standard InChI is InChI=1S/C13H15BrClNO4/c1-13(2,3)20-12(19)16-10(11(17)18)7-4-5-9(15)8(14)6-7/h4-6,10H,1-3H3,(H,16,19)(H,17,18). The first kappa shape index (κ1) is 16.8. The van der Waals surface area contributed by atoms with Crippen LogP contribution in [-0.2, 0) is 9.53 Å². The van der Waals surface area contributed by atoms with Crippen LogP contribution in [0.15, 0.2) is 22.7 Å². The molecule has 0 fully saturated rings. The molecule has 110 valence electrons. The Hall–Kier alpha value is -1.27. The molecule has 0 saturated carbocycles. The topological polar surface area (TPSA) is 75.6 Å². The number of carbonyl (C=O) groups is 2. The van der Waals surface area contributed by atoms with Gasteiger partial charge in [-0.1, -0.05) is 17.7 Å². The van der Waals surface area contributed by atoms with Gasteiger partial charge in [-0.2, -0.15) is 0 Å². The van der Waals surface area contributed by atoms with E-state index in [9.17, 15) is 14.7 Å². The second-order valence-electron chi connectivity index (χ2n) is 5.09. The number of ether oxygens (including phenoxy) is 1. The number of alkyl carbamates (subject to hydrolysis) is 1. The number of nitrogens with one attached hydrogen (secondary N) is 1. The third kappa shape index (κ3) is 5.02. The normalized spacial score (nSPS) is 12.7. The lowest BCUT2D eigenvalue weighted by Crippen LogP contribution is -2.38.